The summed E-state index contributed by atoms with van der Waals surface area (Å²) in [6.07, 6.45) is 0. The molecule has 1 rings (SSSR count). The van der Waals surface area contributed by atoms with Gasteiger partial charge in [0.15, 0.2) is 5.82 Å². The van der Waals surface area contributed by atoms with Gasteiger partial charge in [0.1, 0.15) is 5.69 Å². The molecule has 56 valence electrons. The summed E-state index contributed by atoms with van der Waals surface area (Å²) in [5.41, 5.74) is 7.13. The predicted octanol–water partition coefficient (Wildman–Crippen LogP) is -0.471. The Labute approximate surface area is 59.0 Å². The van der Waals surface area contributed by atoms with E-state index in [4.69, 9.17) is 11.6 Å². The molecule has 5 N–H and O–H groups in total. The molecule has 0 aliphatic rings. The maximum absolute atomic E-state index is 5.53. The van der Waals surface area contributed by atoms with E-state index in [1.54, 1.807) is 7.05 Å². The molecule has 0 radical (unpaired) electrons. The average Bonchev–Trinajstić information content (AvgIpc) is 2.09. The average molecular weight is 141 g/mol. The number of nitrogens with two attached hydrogens (primary N) is 2. The van der Waals surface area contributed by atoms with Crippen molar-refractivity contribution in [3.05, 3.63) is 5.69 Å². The lowest BCUT2D eigenvalue weighted by Gasteiger charge is -1.97. The van der Waals surface area contributed by atoms with Gasteiger partial charge < -0.3 is 16.9 Å². The first-order valence-corrected chi connectivity index (χ1v) is 2.94. The minimum absolute atomic E-state index is 0.458. The van der Waals surface area contributed by atoms with E-state index in [1.807, 2.05) is 6.92 Å². The van der Waals surface area contributed by atoms with Gasteiger partial charge in [-0.15, -0.1) is 0 Å². The molecule has 0 unspecified atom stereocenters. The number of aromatic nitrogens is 2. The normalized spacial score (nSPS) is 9.80. The van der Waals surface area contributed by atoms with Crippen molar-refractivity contribution in [3.8, 4) is 0 Å². The fraction of sp³-hybridized carbons (Fsp3) is 0.400. The third-order valence-electron chi connectivity index (χ3n) is 1.37. The largest absolute Gasteiger partial charge is 0.384 e. The van der Waals surface area contributed by atoms with Crippen LogP contribution in [0.3, 0.4) is 0 Å². The fourth-order valence-electron chi connectivity index (χ4n) is 0.874. The predicted molar refractivity (Wildman–Crippen MR) is 41.1 cm³/mol. The summed E-state index contributed by atoms with van der Waals surface area (Å²) in [4.78, 5) is 1.15. The van der Waals surface area contributed by atoms with Gasteiger partial charge in [0.2, 0.25) is 0 Å². The van der Waals surface area contributed by atoms with Crippen LogP contribution in [-0.2, 0) is 0 Å². The van der Waals surface area contributed by atoms with Crippen molar-refractivity contribution in [1.29, 1.82) is 0 Å². The maximum atomic E-state index is 5.53. The van der Waals surface area contributed by atoms with Crippen molar-refractivity contribution in [2.24, 2.45) is 0 Å². The summed E-state index contributed by atoms with van der Waals surface area (Å²) in [5.74, 6) is 5.82. The zero-order valence-electron chi connectivity index (χ0n) is 6.05. The third kappa shape index (κ3) is 0.754. The molecule has 5 nitrogen and oxygen atoms in total. The van der Waals surface area contributed by atoms with Gasteiger partial charge in [-0.05, 0) is 6.92 Å². The van der Waals surface area contributed by atoms with Crippen molar-refractivity contribution in [2.75, 3.05) is 23.9 Å². The number of anilines is 2. The van der Waals surface area contributed by atoms with Gasteiger partial charge in [-0.2, -0.15) is 9.89 Å². The Hall–Kier alpha value is -1.39. The van der Waals surface area contributed by atoms with Crippen molar-refractivity contribution >= 4 is 11.5 Å². The van der Waals surface area contributed by atoms with Gasteiger partial charge in [0.25, 0.3) is 0 Å². The molecule has 1 aromatic heterocycles. The Morgan fingerprint density at radius 1 is 1.60 bits per heavy atom. The smallest absolute Gasteiger partial charge is 0.168 e. The second kappa shape index (κ2) is 2.09. The van der Waals surface area contributed by atoms with E-state index in [9.17, 15) is 0 Å². The highest BCUT2D eigenvalue weighted by atomic mass is 15.5. The van der Waals surface area contributed by atoms with Crippen molar-refractivity contribution in [2.45, 2.75) is 6.92 Å². The Bertz CT molecular complexity index is 238. The number of rotatable bonds is 1. The highest BCUT2D eigenvalue weighted by Gasteiger charge is 2.07. The number of nitrogen functional groups attached to an aromatic ring is 2. The number of nitrogens with one attached hydrogen (secondary N) is 1. The zero-order valence-corrected chi connectivity index (χ0v) is 6.05. The van der Waals surface area contributed by atoms with Crippen LogP contribution in [-0.4, -0.2) is 16.9 Å². The lowest BCUT2D eigenvalue weighted by molar-refractivity contribution is 0.827. The zero-order chi connectivity index (χ0) is 7.72. The van der Waals surface area contributed by atoms with Crippen LogP contribution >= 0.6 is 0 Å². The highest BCUT2D eigenvalue weighted by Crippen LogP contribution is 2.18. The fourth-order valence-corrected chi connectivity index (χ4v) is 0.874. The molecule has 0 aliphatic carbocycles. The van der Waals surface area contributed by atoms with Crippen LogP contribution in [0.5, 0.6) is 0 Å². The summed E-state index contributed by atoms with van der Waals surface area (Å²) >= 11 is 0. The van der Waals surface area contributed by atoms with Crippen LogP contribution in [0, 0.1) is 6.92 Å². The van der Waals surface area contributed by atoms with Gasteiger partial charge in [0, 0.05) is 7.05 Å². The van der Waals surface area contributed by atoms with E-state index in [2.05, 4.69) is 10.4 Å². The quantitative estimate of drug-likeness (QED) is 0.462. The Morgan fingerprint density at radius 2 is 2.20 bits per heavy atom. The summed E-state index contributed by atoms with van der Waals surface area (Å²) in [6, 6.07) is 0. The molecule has 0 fully saturated rings. The molecule has 0 atom stereocenters. The van der Waals surface area contributed by atoms with Crippen molar-refractivity contribution < 1.29 is 0 Å². The SMILES string of the molecule is CNc1c(C)nn(N)c1N. The van der Waals surface area contributed by atoms with E-state index >= 15 is 0 Å². The summed E-state index contributed by atoms with van der Waals surface area (Å²) in [7, 11) is 1.78. The molecule has 0 bridgehead atoms. The summed E-state index contributed by atoms with van der Waals surface area (Å²) in [6.45, 7) is 1.84. The minimum atomic E-state index is 0.458. The molecule has 0 spiro atoms. The van der Waals surface area contributed by atoms with Gasteiger partial charge in [-0.3, -0.25) is 0 Å². The second-order valence-corrected chi connectivity index (χ2v) is 2.04. The Kier molecular flexibility index (Phi) is 1.41. The van der Waals surface area contributed by atoms with Crippen molar-refractivity contribution in [1.82, 2.24) is 9.89 Å². The number of nitrogens with zero attached hydrogens (tertiary/aromatic N) is 2. The van der Waals surface area contributed by atoms with E-state index in [-0.39, 0.29) is 0 Å². The molecule has 5 heteroatoms. The lowest BCUT2D eigenvalue weighted by atomic mass is 10.4. The molecule has 0 aromatic carbocycles. The van der Waals surface area contributed by atoms with E-state index in [0.717, 1.165) is 16.2 Å². The summed E-state index contributed by atoms with van der Waals surface area (Å²) in [5, 5.41) is 6.78. The Balaban J connectivity index is 3.20. The number of hydrogen-bond donors (Lipinski definition) is 3. The molecule has 10 heavy (non-hydrogen) atoms. The van der Waals surface area contributed by atoms with Crippen molar-refractivity contribution in [3.63, 3.8) is 0 Å². The van der Waals surface area contributed by atoms with Crippen LogP contribution in [0.2, 0.25) is 0 Å². The van der Waals surface area contributed by atoms with E-state index in [1.165, 1.54) is 0 Å². The van der Waals surface area contributed by atoms with Crippen LogP contribution in [0.1, 0.15) is 5.69 Å². The van der Waals surface area contributed by atoms with E-state index in [0.29, 0.717) is 5.82 Å². The molecule has 0 saturated heterocycles. The number of aryl methyl sites for hydroxylation is 1. The molecule has 0 saturated carbocycles. The molecular weight excluding hydrogens is 130 g/mol. The van der Waals surface area contributed by atoms with Crippen LogP contribution < -0.4 is 16.9 Å². The van der Waals surface area contributed by atoms with Crippen LogP contribution in [0.4, 0.5) is 11.5 Å². The molecule has 1 aromatic rings. The summed E-state index contributed by atoms with van der Waals surface area (Å²) < 4.78 is 0. The highest BCUT2D eigenvalue weighted by molar-refractivity contribution is 5.64. The van der Waals surface area contributed by atoms with Crippen LogP contribution in [0.15, 0.2) is 0 Å². The molecule has 0 amide bonds. The maximum Gasteiger partial charge on any atom is 0.168 e. The standard InChI is InChI=1S/C5H11N5/c1-3-4(8-2)5(6)10(7)9-3/h8H,6-7H2,1-2H3. The van der Waals surface area contributed by atoms with Gasteiger partial charge in [-0.25, -0.2) is 0 Å². The number of hydrogen-bond acceptors (Lipinski definition) is 4. The van der Waals surface area contributed by atoms with Gasteiger partial charge in [-0.1, -0.05) is 0 Å². The monoisotopic (exact) mass is 141 g/mol. The Morgan fingerprint density at radius 3 is 2.40 bits per heavy atom. The molecule has 1 heterocycles. The lowest BCUT2D eigenvalue weighted by Crippen LogP contribution is -2.13. The first-order valence-electron chi connectivity index (χ1n) is 2.94. The molecular formula is C5H11N5. The second-order valence-electron chi connectivity index (χ2n) is 2.04. The first kappa shape index (κ1) is 6.73. The minimum Gasteiger partial charge on any atom is -0.384 e. The molecule has 0 aliphatic heterocycles. The van der Waals surface area contributed by atoms with Gasteiger partial charge in [0.05, 0.1) is 5.69 Å². The van der Waals surface area contributed by atoms with Gasteiger partial charge >= 0.3 is 0 Å². The first-order chi connectivity index (χ1) is 4.66. The van der Waals surface area contributed by atoms with Crippen LogP contribution in [0.25, 0.3) is 0 Å². The van der Waals surface area contributed by atoms with E-state index < -0.39 is 0 Å². The third-order valence-corrected chi connectivity index (χ3v) is 1.37. The topological polar surface area (TPSA) is 81.9 Å².